The van der Waals surface area contributed by atoms with Crippen LogP contribution >= 0.6 is 0 Å². The molecule has 0 aliphatic heterocycles. The summed E-state index contributed by atoms with van der Waals surface area (Å²) >= 11 is 0. The zero-order valence-electron chi connectivity index (χ0n) is 56.4. The number of phenols is 4. The van der Waals surface area contributed by atoms with Crippen molar-refractivity contribution in [1.29, 1.82) is 0 Å². The van der Waals surface area contributed by atoms with Gasteiger partial charge in [0.05, 0.1) is 23.7 Å². The van der Waals surface area contributed by atoms with Crippen LogP contribution < -0.4 is 0 Å². The summed E-state index contributed by atoms with van der Waals surface area (Å²) < 4.78 is 26.2. The van der Waals surface area contributed by atoms with Crippen molar-refractivity contribution in [2.24, 2.45) is 27.1 Å². The highest BCUT2D eigenvalue weighted by atomic mass is 16.6. The lowest BCUT2D eigenvalue weighted by molar-refractivity contribution is -0.173. The third kappa shape index (κ3) is 21.1. The van der Waals surface area contributed by atoms with Crippen LogP contribution in [-0.4, -0.2) is 70.7 Å². The number of hydrogen-bond donors (Lipinski definition) is 4. The largest absolute Gasteiger partial charge is 0.508 e. The molecule has 4 rings (SSSR count). The van der Waals surface area contributed by atoms with Gasteiger partial charge in [0.2, 0.25) is 0 Å². The molecule has 4 atom stereocenters. The molecule has 4 aromatic rings. The summed E-state index contributed by atoms with van der Waals surface area (Å²) in [6, 6.07) is 20.6. The predicted molar refractivity (Wildman–Crippen MR) is 341 cm³/mol. The van der Waals surface area contributed by atoms with Gasteiger partial charge in [0.15, 0.2) is 0 Å². The van der Waals surface area contributed by atoms with Crippen LogP contribution in [-0.2, 0) is 59.8 Å². The maximum absolute atomic E-state index is 15.2. The molecule has 472 valence electrons. The summed E-state index contributed by atoms with van der Waals surface area (Å²) in [6.45, 7) is 45.8. The minimum Gasteiger partial charge on any atom is -0.508 e. The summed E-state index contributed by atoms with van der Waals surface area (Å²) in [7, 11) is 0. The van der Waals surface area contributed by atoms with E-state index in [9.17, 15) is 20.4 Å². The molecule has 0 aliphatic carbocycles. The van der Waals surface area contributed by atoms with Crippen molar-refractivity contribution in [3.63, 3.8) is 0 Å². The molecule has 0 aliphatic rings. The number of rotatable bonds is 20. The fraction of sp³-hybridized carbons (Fsp3) is 0.616. The van der Waals surface area contributed by atoms with E-state index in [0.29, 0.717) is 70.2 Å². The van der Waals surface area contributed by atoms with Crippen LogP contribution in [0.4, 0.5) is 0 Å². The van der Waals surface area contributed by atoms with Crippen LogP contribution in [0.2, 0.25) is 0 Å². The number of esters is 4. The second kappa shape index (κ2) is 26.5. The summed E-state index contributed by atoms with van der Waals surface area (Å²) in [5.41, 5.74) is -0.261. The molecule has 0 saturated heterocycles. The number of phenolic OH excluding ortho intramolecular Hbond substituents is 4. The Morgan fingerprint density at radius 2 is 0.471 bits per heavy atom. The van der Waals surface area contributed by atoms with Gasteiger partial charge in [-0.1, -0.05) is 215 Å². The minimum absolute atomic E-state index is 0.0914. The van der Waals surface area contributed by atoms with Gasteiger partial charge >= 0.3 is 23.9 Å². The quantitative estimate of drug-likeness (QED) is 0.0485. The van der Waals surface area contributed by atoms with E-state index in [1.165, 1.54) is 0 Å². The van der Waals surface area contributed by atoms with Crippen molar-refractivity contribution in [2.75, 3.05) is 26.4 Å². The fourth-order valence-electron chi connectivity index (χ4n) is 10.8. The van der Waals surface area contributed by atoms with Crippen LogP contribution in [0.1, 0.15) is 260 Å². The Bertz CT molecular complexity index is 2560. The first-order chi connectivity index (χ1) is 38.4. The van der Waals surface area contributed by atoms with Crippen molar-refractivity contribution in [3.05, 3.63) is 117 Å². The Morgan fingerprint density at radius 1 is 0.306 bits per heavy atom. The van der Waals surface area contributed by atoms with Gasteiger partial charge in [0.25, 0.3) is 0 Å². The van der Waals surface area contributed by atoms with E-state index < -0.39 is 123 Å². The maximum atomic E-state index is 15.2. The normalized spacial score (nSPS) is 15.2. The summed E-state index contributed by atoms with van der Waals surface area (Å²) in [5, 5.41) is 44.3. The monoisotopic (exact) mass is 1180 g/mol. The maximum Gasteiger partial charge on any atom is 0.313 e. The van der Waals surface area contributed by atoms with E-state index in [-0.39, 0.29) is 23.0 Å². The van der Waals surface area contributed by atoms with Crippen LogP contribution in [0, 0.1) is 27.1 Å². The van der Waals surface area contributed by atoms with E-state index in [0.717, 1.165) is 0 Å². The van der Waals surface area contributed by atoms with Crippen molar-refractivity contribution < 1.29 is 58.6 Å². The lowest BCUT2D eigenvalue weighted by Crippen LogP contribution is -2.45. The standard InChI is InChI=1S/C73H108O12/c1-65(2,3)37-49(45-25-29-57(74)53(33-45)69(13,14)15)61(78)82-41-73(42-83-62(79)50(38-66(4,5)6)46-26-30-58(75)54(34-46)70(16,17)18,43-84-63(80)51(39-67(7,8)9)47-27-31-59(76)55(35-47)71(19,20)21)44-85-64(81)52(40-68(10,11)12)48-28-32-60(77)56(36-48)72(22,23)24/h25-36,49-52,74-77H,37-44H2,1-24H3. The first kappa shape index (κ1) is 71.4. The second-order valence-corrected chi connectivity index (χ2v) is 33.3. The number of carbonyl (C=O) groups is 4. The Hall–Kier alpha value is -6.04. The number of ether oxygens (including phenoxy) is 4. The first-order valence-electron chi connectivity index (χ1n) is 30.4. The molecule has 12 nitrogen and oxygen atoms in total. The lowest BCUT2D eigenvalue weighted by Gasteiger charge is -2.35. The second-order valence-electron chi connectivity index (χ2n) is 33.3. The number of aromatic hydroxyl groups is 4. The van der Waals surface area contributed by atoms with E-state index in [1.807, 2.05) is 190 Å². The summed E-state index contributed by atoms with van der Waals surface area (Å²) in [6.07, 6.45) is 1.33. The zero-order valence-corrected chi connectivity index (χ0v) is 56.4. The zero-order chi connectivity index (χ0) is 65.0. The van der Waals surface area contributed by atoms with Gasteiger partial charge in [0, 0.05) is 0 Å². The Balaban J connectivity index is 2.04. The molecule has 0 fully saturated rings. The Morgan fingerprint density at radius 3 is 0.612 bits per heavy atom. The highest BCUT2D eigenvalue weighted by Crippen LogP contribution is 2.44. The molecule has 0 heterocycles. The average molecular weight is 1180 g/mol. The van der Waals surface area contributed by atoms with Gasteiger partial charge in [0.1, 0.15) is 54.8 Å². The molecule has 4 unspecified atom stereocenters. The number of carbonyl (C=O) groups excluding carboxylic acids is 4. The summed E-state index contributed by atoms with van der Waals surface area (Å²) in [5.74, 6) is -5.61. The van der Waals surface area contributed by atoms with Gasteiger partial charge in [-0.05, 0) is 138 Å². The van der Waals surface area contributed by atoms with Gasteiger partial charge in [-0.3, -0.25) is 19.2 Å². The topological polar surface area (TPSA) is 186 Å². The third-order valence-electron chi connectivity index (χ3n) is 15.4. The molecule has 0 bridgehead atoms. The smallest absolute Gasteiger partial charge is 0.313 e. The molecule has 4 N–H and O–H groups in total. The molecule has 0 radical (unpaired) electrons. The molecule has 85 heavy (non-hydrogen) atoms. The summed E-state index contributed by atoms with van der Waals surface area (Å²) in [4.78, 5) is 60.9. The molecule has 4 aromatic carbocycles. The minimum atomic E-state index is -1.75. The van der Waals surface area contributed by atoms with Crippen LogP contribution in [0.5, 0.6) is 23.0 Å². The molecule has 0 aromatic heterocycles. The molecule has 0 spiro atoms. The third-order valence-corrected chi connectivity index (χ3v) is 15.4. The molecule has 12 heteroatoms. The molecule has 0 saturated carbocycles. The number of hydrogen-bond acceptors (Lipinski definition) is 12. The van der Waals surface area contributed by atoms with Crippen molar-refractivity contribution >= 4 is 23.9 Å². The van der Waals surface area contributed by atoms with E-state index in [4.69, 9.17) is 18.9 Å². The van der Waals surface area contributed by atoms with Crippen LogP contribution in [0.3, 0.4) is 0 Å². The van der Waals surface area contributed by atoms with E-state index in [1.54, 1.807) is 48.5 Å². The van der Waals surface area contributed by atoms with Gasteiger partial charge in [-0.2, -0.15) is 0 Å². The molecular formula is C73H108O12. The van der Waals surface area contributed by atoms with Gasteiger partial charge in [-0.15, -0.1) is 0 Å². The van der Waals surface area contributed by atoms with Gasteiger partial charge < -0.3 is 39.4 Å². The first-order valence-corrected chi connectivity index (χ1v) is 30.4. The lowest BCUT2D eigenvalue weighted by atomic mass is 9.78. The van der Waals surface area contributed by atoms with Crippen LogP contribution in [0.25, 0.3) is 0 Å². The highest BCUT2D eigenvalue weighted by Gasteiger charge is 2.43. The van der Waals surface area contributed by atoms with Crippen LogP contribution in [0.15, 0.2) is 72.8 Å². The van der Waals surface area contributed by atoms with Crippen molar-refractivity contribution in [2.45, 2.75) is 237 Å². The van der Waals surface area contributed by atoms with E-state index in [2.05, 4.69) is 0 Å². The number of benzene rings is 4. The van der Waals surface area contributed by atoms with Crippen molar-refractivity contribution in [1.82, 2.24) is 0 Å². The predicted octanol–water partition coefficient (Wildman–Crippen LogP) is 17.0. The SMILES string of the molecule is CC(C)(C)CC(C(=O)OCC(COC(=O)C(CC(C)(C)C)c1ccc(O)c(C(C)(C)C)c1)(COC(=O)C(CC(C)(C)C)c1ccc(O)c(C(C)(C)C)c1)COC(=O)C(CC(C)(C)C)c1ccc(O)c(C(C)(C)C)c1)c1ccc(O)c(C(C)(C)C)c1. The van der Waals surface area contributed by atoms with Crippen molar-refractivity contribution in [3.8, 4) is 23.0 Å². The Kier molecular flexibility index (Phi) is 22.3. The molecule has 0 amide bonds. The Labute approximate surface area is 511 Å². The fourth-order valence-corrected chi connectivity index (χ4v) is 10.8. The average Bonchev–Trinajstić information content (AvgIpc) is 3.56. The highest BCUT2D eigenvalue weighted by molar-refractivity contribution is 5.81. The molecular weight excluding hydrogens is 1070 g/mol. The van der Waals surface area contributed by atoms with E-state index >= 15 is 19.2 Å². The van der Waals surface area contributed by atoms with Gasteiger partial charge in [-0.25, -0.2) is 0 Å².